The van der Waals surface area contributed by atoms with E-state index in [9.17, 15) is 9.59 Å². The molecule has 6 nitrogen and oxygen atoms in total. The molecule has 3 N–H and O–H groups in total. The molecule has 1 aliphatic rings. The van der Waals surface area contributed by atoms with Crippen molar-refractivity contribution in [2.24, 2.45) is 5.41 Å². The fraction of sp³-hybridized carbons (Fsp3) is 0.833. The molecule has 1 saturated heterocycles. The maximum Gasteiger partial charge on any atom is 0.238 e. The van der Waals surface area contributed by atoms with Crippen LogP contribution in [0.15, 0.2) is 0 Å². The van der Waals surface area contributed by atoms with Crippen molar-refractivity contribution in [2.45, 2.75) is 19.9 Å². The Kier molecular flexibility index (Phi) is 5.10. The van der Waals surface area contributed by atoms with Gasteiger partial charge in [0.2, 0.25) is 11.8 Å². The van der Waals surface area contributed by atoms with Crippen molar-refractivity contribution in [1.82, 2.24) is 20.9 Å². The van der Waals surface area contributed by atoms with Crippen molar-refractivity contribution in [3.05, 3.63) is 0 Å². The minimum absolute atomic E-state index is 0.0249. The van der Waals surface area contributed by atoms with E-state index in [0.29, 0.717) is 13.1 Å². The summed E-state index contributed by atoms with van der Waals surface area (Å²) >= 11 is 0. The van der Waals surface area contributed by atoms with Crippen LogP contribution in [0.25, 0.3) is 0 Å². The van der Waals surface area contributed by atoms with E-state index in [4.69, 9.17) is 0 Å². The van der Waals surface area contributed by atoms with Gasteiger partial charge in [0.05, 0.1) is 6.54 Å². The summed E-state index contributed by atoms with van der Waals surface area (Å²) in [4.78, 5) is 25.0. The van der Waals surface area contributed by atoms with Gasteiger partial charge in [-0.3, -0.25) is 14.9 Å². The molecule has 18 heavy (non-hydrogen) atoms. The standard InChI is InChI=1S/C12H24N4O2/c1-12(2,8-16(3)4)7-15-11(18)9-5-14-10(17)6-13-9/h9,13H,5-8H2,1-4H3,(H,14,17)(H,15,18). The smallest absolute Gasteiger partial charge is 0.238 e. The van der Waals surface area contributed by atoms with Crippen LogP contribution < -0.4 is 16.0 Å². The third-order valence-electron chi connectivity index (χ3n) is 2.81. The molecule has 0 radical (unpaired) electrons. The predicted octanol–water partition coefficient (Wildman–Crippen LogP) is -1.22. The van der Waals surface area contributed by atoms with Gasteiger partial charge in [0.25, 0.3) is 0 Å². The van der Waals surface area contributed by atoms with Gasteiger partial charge in [-0.15, -0.1) is 0 Å². The molecule has 1 rings (SSSR count). The third-order valence-corrected chi connectivity index (χ3v) is 2.81. The Morgan fingerprint density at radius 2 is 2.17 bits per heavy atom. The average Bonchev–Trinajstić information content (AvgIpc) is 2.25. The quantitative estimate of drug-likeness (QED) is 0.576. The lowest BCUT2D eigenvalue weighted by Crippen LogP contribution is -2.58. The van der Waals surface area contributed by atoms with E-state index in [0.717, 1.165) is 6.54 Å². The minimum atomic E-state index is -0.321. The van der Waals surface area contributed by atoms with Crippen molar-refractivity contribution in [3.8, 4) is 0 Å². The van der Waals surface area contributed by atoms with Crippen LogP contribution >= 0.6 is 0 Å². The zero-order valence-electron chi connectivity index (χ0n) is 11.7. The van der Waals surface area contributed by atoms with E-state index in [-0.39, 0.29) is 29.8 Å². The fourth-order valence-corrected chi connectivity index (χ4v) is 2.11. The molecule has 1 aliphatic heterocycles. The monoisotopic (exact) mass is 256 g/mol. The van der Waals surface area contributed by atoms with Crippen LogP contribution in [0.3, 0.4) is 0 Å². The van der Waals surface area contributed by atoms with Crippen molar-refractivity contribution < 1.29 is 9.59 Å². The molecule has 1 fully saturated rings. The third kappa shape index (κ3) is 5.01. The lowest BCUT2D eigenvalue weighted by Gasteiger charge is -2.30. The Morgan fingerprint density at radius 3 is 2.67 bits per heavy atom. The topological polar surface area (TPSA) is 73.5 Å². The van der Waals surface area contributed by atoms with E-state index in [1.807, 2.05) is 14.1 Å². The van der Waals surface area contributed by atoms with Crippen LogP contribution in [0, 0.1) is 5.41 Å². The van der Waals surface area contributed by atoms with Gasteiger partial charge in [0.1, 0.15) is 6.04 Å². The van der Waals surface area contributed by atoms with Gasteiger partial charge < -0.3 is 15.5 Å². The molecule has 0 aromatic rings. The summed E-state index contributed by atoms with van der Waals surface area (Å²) < 4.78 is 0. The summed E-state index contributed by atoms with van der Waals surface area (Å²) in [6.45, 7) is 6.32. The Balaban J connectivity index is 2.34. The zero-order chi connectivity index (χ0) is 13.8. The minimum Gasteiger partial charge on any atom is -0.354 e. The first-order valence-corrected chi connectivity index (χ1v) is 6.23. The van der Waals surface area contributed by atoms with Crippen LogP contribution in [0.1, 0.15) is 13.8 Å². The summed E-state index contributed by atoms with van der Waals surface area (Å²) in [6.07, 6.45) is 0. The van der Waals surface area contributed by atoms with E-state index < -0.39 is 0 Å². The van der Waals surface area contributed by atoms with Crippen LogP contribution in [-0.2, 0) is 9.59 Å². The highest BCUT2D eigenvalue weighted by Gasteiger charge is 2.26. The Hall–Kier alpha value is -1.14. The highest BCUT2D eigenvalue weighted by Crippen LogP contribution is 2.14. The van der Waals surface area contributed by atoms with Crippen LogP contribution in [0.2, 0.25) is 0 Å². The Labute approximate surface area is 108 Å². The van der Waals surface area contributed by atoms with Crippen LogP contribution in [-0.4, -0.2) is 63.0 Å². The number of amides is 2. The molecule has 104 valence electrons. The number of nitrogens with one attached hydrogen (secondary N) is 3. The number of hydrogen-bond donors (Lipinski definition) is 3. The highest BCUT2D eigenvalue weighted by molar-refractivity contribution is 5.86. The number of nitrogens with zero attached hydrogens (tertiary/aromatic N) is 1. The number of hydrogen-bond acceptors (Lipinski definition) is 4. The summed E-state index contributed by atoms with van der Waals surface area (Å²) in [5.41, 5.74) is 0.0249. The van der Waals surface area contributed by atoms with E-state index in [2.05, 4.69) is 34.7 Å². The lowest BCUT2D eigenvalue weighted by atomic mass is 9.93. The van der Waals surface area contributed by atoms with Crippen LogP contribution in [0.4, 0.5) is 0 Å². The molecule has 0 aliphatic carbocycles. The van der Waals surface area contributed by atoms with Crippen molar-refractivity contribution in [2.75, 3.05) is 40.3 Å². The van der Waals surface area contributed by atoms with E-state index >= 15 is 0 Å². The van der Waals surface area contributed by atoms with Gasteiger partial charge >= 0.3 is 0 Å². The first kappa shape index (κ1) is 14.9. The van der Waals surface area contributed by atoms with Gasteiger partial charge in [0, 0.05) is 19.6 Å². The van der Waals surface area contributed by atoms with Gasteiger partial charge in [-0.2, -0.15) is 0 Å². The summed E-state index contributed by atoms with van der Waals surface area (Å²) in [5, 5.41) is 8.52. The second kappa shape index (κ2) is 6.15. The highest BCUT2D eigenvalue weighted by atomic mass is 16.2. The van der Waals surface area contributed by atoms with Gasteiger partial charge in [-0.05, 0) is 19.5 Å². The molecule has 1 unspecified atom stereocenters. The van der Waals surface area contributed by atoms with Gasteiger partial charge in [-0.1, -0.05) is 13.8 Å². The first-order chi connectivity index (χ1) is 8.30. The molecule has 0 aromatic carbocycles. The molecule has 2 amide bonds. The predicted molar refractivity (Wildman–Crippen MR) is 70.1 cm³/mol. The van der Waals surface area contributed by atoms with E-state index in [1.165, 1.54) is 0 Å². The normalized spacial score (nSPS) is 20.7. The fourth-order valence-electron chi connectivity index (χ4n) is 2.11. The Morgan fingerprint density at radius 1 is 1.50 bits per heavy atom. The van der Waals surface area contributed by atoms with Crippen LogP contribution in [0.5, 0.6) is 0 Å². The van der Waals surface area contributed by atoms with Crippen molar-refractivity contribution in [3.63, 3.8) is 0 Å². The molecule has 6 heteroatoms. The lowest BCUT2D eigenvalue weighted by molar-refractivity contribution is -0.126. The molecule has 1 heterocycles. The number of rotatable bonds is 5. The molecular formula is C12H24N4O2. The number of carbonyl (C=O) groups excluding carboxylic acids is 2. The SMILES string of the molecule is CN(C)CC(C)(C)CNC(=O)C1CNC(=O)CN1. The zero-order valence-corrected chi connectivity index (χ0v) is 11.7. The molecular weight excluding hydrogens is 232 g/mol. The second-order valence-corrected chi connectivity index (χ2v) is 5.86. The average molecular weight is 256 g/mol. The maximum atomic E-state index is 11.9. The number of piperazine rings is 1. The molecule has 0 bridgehead atoms. The summed E-state index contributed by atoms with van der Waals surface area (Å²) in [7, 11) is 4.03. The number of carbonyl (C=O) groups is 2. The van der Waals surface area contributed by atoms with Gasteiger partial charge in [0.15, 0.2) is 0 Å². The maximum absolute atomic E-state index is 11.9. The summed E-state index contributed by atoms with van der Waals surface area (Å²) in [5.74, 6) is -0.117. The molecule has 0 spiro atoms. The summed E-state index contributed by atoms with van der Waals surface area (Å²) in [6, 6.07) is -0.321. The first-order valence-electron chi connectivity index (χ1n) is 6.23. The molecule has 1 atom stereocenters. The molecule has 0 aromatic heterocycles. The van der Waals surface area contributed by atoms with E-state index in [1.54, 1.807) is 0 Å². The Bertz CT molecular complexity index is 305. The van der Waals surface area contributed by atoms with Crippen molar-refractivity contribution in [1.29, 1.82) is 0 Å². The van der Waals surface area contributed by atoms with Gasteiger partial charge in [-0.25, -0.2) is 0 Å². The second-order valence-electron chi connectivity index (χ2n) is 5.86. The largest absolute Gasteiger partial charge is 0.354 e. The molecule has 0 saturated carbocycles. The van der Waals surface area contributed by atoms with Crippen molar-refractivity contribution >= 4 is 11.8 Å².